The zero-order valence-corrected chi connectivity index (χ0v) is 12.5. The lowest BCUT2D eigenvalue weighted by molar-refractivity contribution is 0.0937. The molecule has 0 spiro atoms. The highest BCUT2D eigenvalue weighted by Gasteiger charge is 2.28. The smallest absolute Gasteiger partial charge is 0.252 e. The number of carbonyl (C=O) groups excluding carboxylic acids is 1. The number of nitrogens with one attached hydrogen (secondary N) is 1. The van der Waals surface area contributed by atoms with Gasteiger partial charge in [-0.05, 0) is 47.2 Å². The van der Waals surface area contributed by atoms with E-state index in [1.165, 1.54) is 6.07 Å². The molecule has 5 heteroatoms. The minimum Gasteiger partial charge on any atom is -0.348 e. The van der Waals surface area contributed by atoms with Crippen LogP contribution < -0.4 is 5.32 Å². The van der Waals surface area contributed by atoms with Crippen LogP contribution in [0.25, 0.3) is 0 Å². The second-order valence-corrected chi connectivity index (χ2v) is 6.26. The Hall–Kier alpha value is -0.550. The summed E-state index contributed by atoms with van der Waals surface area (Å²) in [5, 5.41) is 3.48. The van der Waals surface area contributed by atoms with Crippen LogP contribution in [-0.2, 0) is 0 Å². The molecule has 2 nitrogen and oxygen atoms in total. The quantitative estimate of drug-likeness (QED) is 0.916. The third-order valence-corrected chi connectivity index (χ3v) is 5.24. The normalized spacial score (nSPS) is 23.1. The van der Waals surface area contributed by atoms with E-state index in [9.17, 15) is 9.18 Å². The Bertz CT molecular complexity index is 455. The van der Waals surface area contributed by atoms with Gasteiger partial charge in [-0.3, -0.25) is 4.79 Å². The van der Waals surface area contributed by atoms with Crippen LogP contribution in [0.1, 0.15) is 29.6 Å². The SMILES string of the molecule is CSC1CCCC1NC(=O)c1cccc(F)c1Br. The standard InChI is InChI=1S/C13H15BrFNOS/c1-18-11-7-3-6-10(11)16-13(17)8-4-2-5-9(15)12(8)14/h2,4-5,10-11H,3,6-7H2,1H3,(H,16,17). The zero-order chi connectivity index (χ0) is 13.1. The van der Waals surface area contributed by atoms with E-state index in [0.29, 0.717) is 10.8 Å². The van der Waals surface area contributed by atoms with Crippen molar-refractivity contribution >= 4 is 33.6 Å². The number of hydrogen-bond donors (Lipinski definition) is 1. The first kappa shape index (κ1) is 13.9. The lowest BCUT2D eigenvalue weighted by atomic mass is 10.1. The highest BCUT2D eigenvalue weighted by molar-refractivity contribution is 9.10. The molecule has 0 saturated heterocycles. The Balaban J connectivity index is 2.10. The maximum absolute atomic E-state index is 13.4. The van der Waals surface area contributed by atoms with Gasteiger partial charge in [-0.25, -0.2) is 4.39 Å². The summed E-state index contributed by atoms with van der Waals surface area (Å²) >= 11 is 4.91. The summed E-state index contributed by atoms with van der Waals surface area (Å²) in [4.78, 5) is 12.1. The molecule has 1 amide bonds. The Kier molecular flexibility index (Phi) is 4.67. The van der Waals surface area contributed by atoms with Crippen molar-refractivity contribution in [3.63, 3.8) is 0 Å². The van der Waals surface area contributed by atoms with Gasteiger partial charge in [0.05, 0.1) is 10.0 Å². The molecule has 1 aromatic carbocycles. The molecule has 18 heavy (non-hydrogen) atoms. The number of benzene rings is 1. The Morgan fingerprint density at radius 1 is 1.50 bits per heavy atom. The van der Waals surface area contributed by atoms with Crippen molar-refractivity contribution in [2.75, 3.05) is 6.26 Å². The van der Waals surface area contributed by atoms with E-state index in [-0.39, 0.29) is 16.4 Å². The van der Waals surface area contributed by atoms with Gasteiger partial charge in [0.2, 0.25) is 0 Å². The van der Waals surface area contributed by atoms with Crippen LogP contribution in [0.15, 0.2) is 22.7 Å². The third kappa shape index (κ3) is 2.88. The van der Waals surface area contributed by atoms with Crippen molar-refractivity contribution in [3.8, 4) is 0 Å². The van der Waals surface area contributed by atoms with Crippen molar-refractivity contribution < 1.29 is 9.18 Å². The van der Waals surface area contributed by atoms with Crippen LogP contribution in [-0.4, -0.2) is 23.5 Å². The summed E-state index contributed by atoms with van der Waals surface area (Å²) in [6.07, 6.45) is 5.34. The molecule has 1 aromatic rings. The van der Waals surface area contributed by atoms with Crippen LogP contribution >= 0.6 is 27.7 Å². The number of carbonyl (C=O) groups is 1. The first-order chi connectivity index (χ1) is 8.63. The number of thioether (sulfide) groups is 1. The summed E-state index contributed by atoms with van der Waals surface area (Å²) in [5.41, 5.74) is 0.363. The van der Waals surface area contributed by atoms with Crippen molar-refractivity contribution in [3.05, 3.63) is 34.1 Å². The van der Waals surface area contributed by atoms with E-state index < -0.39 is 5.82 Å². The van der Waals surface area contributed by atoms with Crippen LogP contribution in [0.5, 0.6) is 0 Å². The van der Waals surface area contributed by atoms with E-state index in [0.717, 1.165) is 19.3 Å². The molecule has 0 aromatic heterocycles. The lowest BCUT2D eigenvalue weighted by Crippen LogP contribution is -2.38. The second kappa shape index (κ2) is 6.06. The molecule has 98 valence electrons. The van der Waals surface area contributed by atoms with Gasteiger partial charge in [0.1, 0.15) is 5.82 Å². The van der Waals surface area contributed by atoms with Gasteiger partial charge in [-0.1, -0.05) is 12.5 Å². The maximum Gasteiger partial charge on any atom is 0.252 e. The Labute approximate surface area is 119 Å². The molecule has 0 heterocycles. The van der Waals surface area contributed by atoms with Gasteiger partial charge in [0, 0.05) is 11.3 Å². The summed E-state index contributed by atoms with van der Waals surface area (Å²) in [5.74, 6) is -0.609. The van der Waals surface area contributed by atoms with Crippen molar-refractivity contribution in [2.24, 2.45) is 0 Å². The topological polar surface area (TPSA) is 29.1 Å². The number of hydrogen-bond acceptors (Lipinski definition) is 2. The fraction of sp³-hybridized carbons (Fsp3) is 0.462. The van der Waals surface area contributed by atoms with Crippen molar-refractivity contribution in [2.45, 2.75) is 30.6 Å². The monoisotopic (exact) mass is 331 g/mol. The molecular formula is C13H15BrFNOS. The maximum atomic E-state index is 13.4. The van der Waals surface area contributed by atoms with Gasteiger partial charge in [0.25, 0.3) is 5.91 Å². The minimum absolute atomic E-state index is 0.197. The molecule has 1 fully saturated rings. The largest absolute Gasteiger partial charge is 0.348 e. The molecule has 0 radical (unpaired) electrons. The number of rotatable bonds is 3. The van der Waals surface area contributed by atoms with Gasteiger partial charge < -0.3 is 5.32 Å². The first-order valence-corrected chi connectivity index (χ1v) is 7.99. The molecule has 1 aliphatic carbocycles. The third-order valence-electron chi connectivity index (χ3n) is 3.27. The average Bonchev–Trinajstić information content (AvgIpc) is 2.79. The van der Waals surface area contributed by atoms with Crippen LogP contribution in [0.4, 0.5) is 4.39 Å². The van der Waals surface area contributed by atoms with Crippen LogP contribution in [0, 0.1) is 5.82 Å². The number of halogens is 2. The average molecular weight is 332 g/mol. The number of amides is 1. The zero-order valence-electron chi connectivity index (χ0n) is 10.1. The fourth-order valence-corrected chi connectivity index (χ4v) is 3.68. The molecule has 1 N–H and O–H groups in total. The lowest BCUT2D eigenvalue weighted by Gasteiger charge is -2.19. The summed E-state index contributed by atoms with van der Waals surface area (Å²) in [6.45, 7) is 0. The highest BCUT2D eigenvalue weighted by atomic mass is 79.9. The van der Waals surface area contributed by atoms with E-state index in [1.807, 2.05) is 0 Å². The van der Waals surface area contributed by atoms with Gasteiger partial charge >= 0.3 is 0 Å². The molecule has 2 atom stereocenters. The predicted molar refractivity (Wildman–Crippen MR) is 76.5 cm³/mol. The summed E-state index contributed by atoms with van der Waals surface area (Å²) in [7, 11) is 0. The van der Waals surface area contributed by atoms with Crippen LogP contribution in [0.3, 0.4) is 0 Å². The predicted octanol–water partition coefficient (Wildman–Crippen LogP) is 3.60. The molecule has 1 saturated carbocycles. The highest BCUT2D eigenvalue weighted by Crippen LogP contribution is 2.29. The molecule has 0 aliphatic heterocycles. The first-order valence-electron chi connectivity index (χ1n) is 5.91. The molecule has 1 aliphatic rings. The van der Waals surface area contributed by atoms with E-state index in [2.05, 4.69) is 27.5 Å². The minimum atomic E-state index is -0.407. The van der Waals surface area contributed by atoms with E-state index in [4.69, 9.17) is 0 Å². The van der Waals surface area contributed by atoms with Crippen molar-refractivity contribution in [1.29, 1.82) is 0 Å². The van der Waals surface area contributed by atoms with Crippen LogP contribution in [0.2, 0.25) is 0 Å². The summed E-state index contributed by atoms with van der Waals surface area (Å²) in [6, 6.07) is 4.71. The molecule has 2 unspecified atom stereocenters. The van der Waals surface area contributed by atoms with E-state index in [1.54, 1.807) is 23.9 Å². The van der Waals surface area contributed by atoms with E-state index >= 15 is 0 Å². The molecule has 2 rings (SSSR count). The van der Waals surface area contributed by atoms with Gasteiger partial charge in [0.15, 0.2) is 0 Å². The fourth-order valence-electron chi connectivity index (χ4n) is 2.30. The Morgan fingerprint density at radius 3 is 3.00 bits per heavy atom. The second-order valence-electron chi connectivity index (χ2n) is 4.39. The molecular weight excluding hydrogens is 317 g/mol. The van der Waals surface area contributed by atoms with Gasteiger partial charge in [-0.15, -0.1) is 0 Å². The van der Waals surface area contributed by atoms with Crippen molar-refractivity contribution in [1.82, 2.24) is 5.32 Å². The summed E-state index contributed by atoms with van der Waals surface area (Å²) < 4.78 is 13.6. The van der Waals surface area contributed by atoms with Gasteiger partial charge in [-0.2, -0.15) is 11.8 Å². The molecule has 0 bridgehead atoms. The Morgan fingerprint density at radius 2 is 2.28 bits per heavy atom.